The first-order valence-corrected chi connectivity index (χ1v) is 8.17. The molecule has 22 heavy (non-hydrogen) atoms. The van der Waals surface area contributed by atoms with Crippen LogP contribution >= 0.6 is 0 Å². The van der Waals surface area contributed by atoms with Crippen LogP contribution in [0.3, 0.4) is 0 Å². The Morgan fingerprint density at radius 1 is 1.32 bits per heavy atom. The van der Waals surface area contributed by atoms with Gasteiger partial charge in [0, 0.05) is 38.1 Å². The Bertz CT molecular complexity index is 385. The molecule has 1 heterocycles. The van der Waals surface area contributed by atoms with Crippen molar-refractivity contribution >= 4 is 12.0 Å². The summed E-state index contributed by atoms with van der Waals surface area (Å²) in [5.74, 6) is 0.0846. The molecule has 1 rings (SSSR count). The summed E-state index contributed by atoms with van der Waals surface area (Å²) in [6.45, 7) is 11.2. The molecule has 0 aromatic heterocycles. The van der Waals surface area contributed by atoms with Crippen LogP contribution in [0.25, 0.3) is 0 Å². The van der Waals surface area contributed by atoms with Gasteiger partial charge in [0.25, 0.3) is 0 Å². The van der Waals surface area contributed by atoms with E-state index < -0.39 is 5.60 Å². The van der Waals surface area contributed by atoms with Crippen molar-refractivity contribution in [3.8, 4) is 0 Å². The van der Waals surface area contributed by atoms with Crippen LogP contribution in [0.15, 0.2) is 0 Å². The van der Waals surface area contributed by atoms with Crippen molar-refractivity contribution in [2.45, 2.75) is 71.6 Å². The normalized spacial score (nSPS) is 18.0. The number of nitrogens with two attached hydrogens (primary N) is 1. The molecule has 6 nitrogen and oxygen atoms in total. The lowest BCUT2D eigenvalue weighted by molar-refractivity contribution is -0.133. The number of hydrogen-bond acceptors (Lipinski definition) is 4. The van der Waals surface area contributed by atoms with Gasteiger partial charge in [0.2, 0.25) is 5.91 Å². The zero-order valence-corrected chi connectivity index (χ0v) is 14.6. The predicted molar refractivity (Wildman–Crippen MR) is 86.5 cm³/mol. The molecule has 2 amide bonds. The molecule has 1 atom stereocenters. The molecule has 1 fully saturated rings. The van der Waals surface area contributed by atoms with Gasteiger partial charge in [-0.05, 0) is 47.5 Å². The molecule has 0 unspecified atom stereocenters. The maximum Gasteiger partial charge on any atom is 0.410 e. The summed E-state index contributed by atoms with van der Waals surface area (Å²) in [4.78, 5) is 28.0. The van der Waals surface area contributed by atoms with E-state index in [1.54, 1.807) is 4.90 Å². The first-order chi connectivity index (χ1) is 10.1. The Balaban J connectivity index is 2.55. The number of ether oxygens (including phenoxy) is 1. The average molecular weight is 313 g/mol. The van der Waals surface area contributed by atoms with Crippen LogP contribution in [0.4, 0.5) is 4.79 Å². The molecule has 6 heteroatoms. The Morgan fingerprint density at radius 2 is 1.86 bits per heavy atom. The van der Waals surface area contributed by atoms with Crippen molar-refractivity contribution in [1.82, 2.24) is 9.80 Å². The Hall–Kier alpha value is -1.30. The predicted octanol–water partition coefficient (Wildman–Crippen LogP) is 1.97. The highest BCUT2D eigenvalue weighted by atomic mass is 16.6. The van der Waals surface area contributed by atoms with Gasteiger partial charge in [-0.2, -0.15) is 0 Å². The van der Waals surface area contributed by atoms with E-state index in [-0.39, 0.29) is 24.1 Å². The molecule has 0 bridgehead atoms. The molecular weight excluding hydrogens is 282 g/mol. The second-order valence-electron chi connectivity index (χ2n) is 7.04. The molecule has 128 valence electrons. The third-order valence-corrected chi connectivity index (χ3v) is 3.86. The van der Waals surface area contributed by atoms with Gasteiger partial charge in [-0.1, -0.05) is 0 Å². The Labute approximate surface area is 134 Å². The summed E-state index contributed by atoms with van der Waals surface area (Å²) in [6, 6.07) is 0.0262. The van der Waals surface area contributed by atoms with Crippen molar-refractivity contribution in [2.24, 2.45) is 5.73 Å². The lowest BCUT2D eigenvalue weighted by Crippen LogP contribution is -2.47. The van der Waals surface area contributed by atoms with Crippen molar-refractivity contribution in [3.63, 3.8) is 0 Å². The molecular formula is C16H31N3O3. The topological polar surface area (TPSA) is 75.9 Å². The minimum absolute atomic E-state index is 0.0846. The van der Waals surface area contributed by atoms with Crippen molar-refractivity contribution < 1.29 is 14.3 Å². The first kappa shape index (κ1) is 18.7. The fraction of sp³-hybridized carbons (Fsp3) is 0.875. The quantitative estimate of drug-likeness (QED) is 0.861. The monoisotopic (exact) mass is 313 g/mol. The minimum Gasteiger partial charge on any atom is -0.444 e. The molecule has 0 aliphatic carbocycles. The number of nitrogens with zero attached hydrogens (tertiary/aromatic N) is 2. The Morgan fingerprint density at radius 3 is 2.32 bits per heavy atom. The molecule has 0 saturated carbocycles. The third kappa shape index (κ3) is 5.83. The maximum atomic E-state index is 12.3. The Kier molecular flexibility index (Phi) is 6.66. The SMILES string of the molecule is CCN(C(=O)OC(C)(C)C)[C@H](C)CC(=O)N1CCC(N)CC1. The minimum atomic E-state index is -0.531. The van der Waals surface area contributed by atoms with E-state index in [1.807, 2.05) is 39.5 Å². The van der Waals surface area contributed by atoms with Gasteiger partial charge in [0.05, 0.1) is 0 Å². The van der Waals surface area contributed by atoms with E-state index in [2.05, 4.69) is 0 Å². The summed E-state index contributed by atoms with van der Waals surface area (Å²) < 4.78 is 5.40. The van der Waals surface area contributed by atoms with Gasteiger partial charge in [0.1, 0.15) is 5.60 Å². The number of rotatable bonds is 4. The highest BCUT2D eigenvalue weighted by molar-refractivity contribution is 5.78. The molecule has 0 spiro atoms. The van der Waals surface area contributed by atoms with E-state index in [4.69, 9.17) is 10.5 Å². The standard InChI is InChI=1S/C16H31N3O3/c1-6-19(15(21)22-16(3,4)5)12(2)11-14(20)18-9-7-13(17)8-10-18/h12-13H,6-11,17H2,1-5H3/t12-/m1/s1. The van der Waals surface area contributed by atoms with Crippen LogP contribution in [-0.4, -0.2) is 59.1 Å². The van der Waals surface area contributed by atoms with Gasteiger partial charge in [-0.25, -0.2) is 4.79 Å². The van der Waals surface area contributed by atoms with E-state index in [0.717, 1.165) is 12.8 Å². The second-order valence-corrected chi connectivity index (χ2v) is 7.04. The van der Waals surface area contributed by atoms with Gasteiger partial charge in [-0.15, -0.1) is 0 Å². The van der Waals surface area contributed by atoms with Gasteiger partial charge in [0.15, 0.2) is 0 Å². The number of hydrogen-bond donors (Lipinski definition) is 1. The summed E-state index contributed by atoms with van der Waals surface area (Å²) in [5, 5.41) is 0. The summed E-state index contributed by atoms with van der Waals surface area (Å²) in [5.41, 5.74) is 5.33. The van der Waals surface area contributed by atoms with E-state index in [0.29, 0.717) is 26.1 Å². The lowest BCUT2D eigenvalue weighted by atomic mass is 10.0. The molecule has 0 radical (unpaired) electrons. The van der Waals surface area contributed by atoms with Crippen LogP contribution in [0.5, 0.6) is 0 Å². The van der Waals surface area contributed by atoms with E-state index in [9.17, 15) is 9.59 Å². The maximum absolute atomic E-state index is 12.3. The smallest absolute Gasteiger partial charge is 0.410 e. The van der Waals surface area contributed by atoms with Crippen molar-refractivity contribution in [2.75, 3.05) is 19.6 Å². The molecule has 2 N–H and O–H groups in total. The highest BCUT2D eigenvalue weighted by Gasteiger charge is 2.28. The van der Waals surface area contributed by atoms with Gasteiger partial charge >= 0.3 is 6.09 Å². The molecule has 1 saturated heterocycles. The van der Waals surface area contributed by atoms with E-state index >= 15 is 0 Å². The average Bonchev–Trinajstić information content (AvgIpc) is 2.37. The second kappa shape index (κ2) is 7.81. The number of likely N-dealkylation sites (tertiary alicyclic amines) is 1. The molecule has 1 aliphatic rings. The van der Waals surface area contributed by atoms with Gasteiger partial charge in [-0.3, -0.25) is 4.79 Å². The van der Waals surface area contributed by atoms with Crippen LogP contribution in [0, 0.1) is 0 Å². The molecule has 0 aromatic carbocycles. The highest BCUT2D eigenvalue weighted by Crippen LogP contribution is 2.15. The van der Waals surface area contributed by atoms with Gasteiger partial charge < -0.3 is 20.3 Å². The number of piperidine rings is 1. The van der Waals surface area contributed by atoms with Crippen molar-refractivity contribution in [3.05, 3.63) is 0 Å². The summed E-state index contributed by atoms with van der Waals surface area (Å²) in [6.07, 6.45) is 1.66. The fourth-order valence-corrected chi connectivity index (χ4v) is 2.58. The number of amides is 2. The number of carbonyl (C=O) groups is 2. The van der Waals surface area contributed by atoms with E-state index in [1.165, 1.54) is 0 Å². The zero-order chi connectivity index (χ0) is 16.9. The lowest BCUT2D eigenvalue weighted by Gasteiger charge is -2.34. The molecule has 1 aliphatic heterocycles. The van der Waals surface area contributed by atoms with Crippen LogP contribution in [0.1, 0.15) is 53.9 Å². The largest absolute Gasteiger partial charge is 0.444 e. The summed E-state index contributed by atoms with van der Waals surface area (Å²) in [7, 11) is 0. The fourth-order valence-electron chi connectivity index (χ4n) is 2.58. The zero-order valence-electron chi connectivity index (χ0n) is 14.6. The van der Waals surface area contributed by atoms with Crippen molar-refractivity contribution in [1.29, 1.82) is 0 Å². The summed E-state index contributed by atoms with van der Waals surface area (Å²) >= 11 is 0. The van der Waals surface area contributed by atoms with Crippen LogP contribution in [0.2, 0.25) is 0 Å². The van der Waals surface area contributed by atoms with Crippen LogP contribution in [-0.2, 0) is 9.53 Å². The third-order valence-electron chi connectivity index (χ3n) is 3.86. The first-order valence-electron chi connectivity index (χ1n) is 8.17. The molecule has 0 aromatic rings. The van der Waals surface area contributed by atoms with Crippen LogP contribution < -0.4 is 5.73 Å². The number of carbonyl (C=O) groups excluding carboxylic acids is 2.